The molecule has 0 radical (unpaired) electrons. The van der Waals surface area contributed by atoms with Crippen molar-refractivity contribution in [3.8, 4) is 0 Å². The molecule has 0 saturated heterocycles. The summed E-state index contributed by atoms with van der Waals surface area (Å²) in [4.78, 5) is 15.9. The highest BCUT2D eigenvalue weighted by molar-refractivity contribution is 5.90. The molecule has 1 heterocycles. The van der Waals surface area contributed by atoms with E-state index in [0.717, 1.165) is 25.1 Å². The fourth-order valence-electron chi connectivity index (χ4n) is 1.55. The van der Waals surface area contributed by atoms with Gasteiger partial charge in [-0.2, -0.15) is 0 Å². The van der Waals surface area contributed by atoms with Gasteiger partial charge in [0, 0.05) is 12.5 Å². The second kappa shape index (κ2) is 4.47. The molecule has 2 rings (SSSR count). The number of hydrogen-bond acceptors (Lipinski definition) is 3. The van der Waals surface area contributed by atoms with Gasteiger partial charge in [0.1, 0.15) is 5.82 Å². The number of carbonyl (C=O) groups is 1. The Hall–Kier alpha value is -1.39. The van der Waals surface area contributed by atoms with E-state index in [1.165, 1.54) is 0 Å². The highest BCUT2D eigenvalue weighted by atomic mass is 16.2. The maximum absolute atomic E-state index is 11.7. The number of aromatic nitrogens is 3. The number of aromatic amines is 1. The molecule has 17 heavy (non-hydrogen) atoms. The Morgan fingerprint density at radius 2 is 2.18 bits per heavy atom. The summed E-state index contributed by atoms with van der Waals surface area (Å²) in [5.41, 5.74) is 0.228. The maximum Gasteiger partial charge on any atom is 0.290 e. The number of nitrogens with one attached hydrogen (secondary N) is 2. The summed E-state index contributed by atoms with van der Waals surface area (Å²) in [7, 11) is 0. The lowest BCUT2D eigenvalue weighted by molar-refractivity contribution is 0.0939. The summed E-state index contributed by atoms with van der Waals surface area (Å²) in [6, 6.07) is 0. The predicted molar refractivity (Wildman–Crippen MR) is 64.8 cm³/mol. The molecular weight excluding hydrogens is 216 g/mol. The molecule has 1 amide bonds. The molecule has 2 N–H and O–H groups in total. The normalized spacial score (nSPS) is 15.9. The lowest BCUT2D eigenvalue weighted by Crippen LogP contribution is -2.28. The Balaban J connectivity index is 1.82. The third kappa shape index (κ3) is 3.54. The fraction of sp³-hybridized carbons (Fsp3) is 0.750. The molecule has 0 aromatic carbocycles. The van der Waals surface area contributed by atoms with Gasteiger partial charge in [0.15, 0.2) is 0 Å². The smallest absolute Gasteiger partial charge is 0.290 e. The zero-order valence-corrected chi connectivity index (χ0v) is 10.7. The van der Waals surface area contributed by atoms with Crippen LogP contribution in [0.5, 0.6) is 0 Å². The number of rotatable bonds is 4. The summed E-state index contributed by atoms with van der Waals surface area (Å²) in [6.45, 7) is 7.11. The fourth-order valence-corrected chi connectivity index (χ4v) is 1.55. The van der Waals surface area contributed by atoms with Gasteiger partial charge in [-0.15, -0.1) is 5.10 Å². The largest absolute Gasteiger partial charge is 0.349 e. The summed E-state index contributed by atoms with van der Waals surface area (Å²) in [5.74, 6) is 1.43. The number of H-pyrrole nitrogens is 1. The van der Waals surface area contributed by atoms with Gasteiger partial charge in [0.2, 0.25) is 5.82 Å². The maximum atomic E-state index is 11.7. The molecule has 0 unspecified atom stereocenters. The first-order chi connectivity index (χ1) is 7.96. The zero-order valence-electron chi connectivity index (χ0n) is 10.7. The number of nitrogens with zero attached hydrogens (tertiary/aromatic N) is 2. The van der Waals surface area contributed by atoms with Crippen LogP contribution in [0.1, 0.15) is 62.4 Å². The zero-order chi connectivity index (χ0) is 12.5. The molecule has 0 bridgehead atoms. The highest BCUT2D eigenvalue weighted by Gasteiger charge is 2.28. The van der Waals surface area contributed by atoms with Crippen LogP contribution in [0.2, 0.25) is 0 Å². The van der Waals surface area contributed by atoms with E-state index in [-0.39, 0.29) is 17.1 Å². The molecule has 1 fully saturated rings. The van der Waals surface area contributed by atoms with Crippen molar-refractivity contribution in [1.82, 2.24) is 20.5 Å². The van der Waals surface area contributed by atoms with Gasteiger partial charge in [-0.3, -0.25) is 9.89 Å². The molecule has 94 valence electrons. The summed E-state index contributed by atoms with van der Waals surface area (Å²) in [6.07, 6.45) is 3.25. The van der Waals surface area contributed by atoms with Crippen LogP contribution in [0.15, 0.2) is 0 Å². The van der Waals surface area contributed by atoms with E-state index in [9.17, 15) is 4.79 Å². The van der Waals surface area contributed by atoms with Gasteiger partial charge in [0.25, 0.3) is 5.91 Å². The Labute approximate surface area is 101 Å². The van der Waals surface area contributed by atoms with Crippen LogP contribution in [-0.2, 0) is 0 Å². The third-order valence-corrected chi connectivity index (χ3v) is 2.83. The van der Waals surface area contributed by atoms with E-state index in [1.54, 1.807) is 0 Å². The lowest BCUT2D eigenvalue weighted by atomic mass is 9.92. The van der Waals surface area contributed by atoms with E-state index in [4.69, 9.17) is 0 Å². The molecule has 1 aromatic heterocycles. The van der Waals surface area contributed by atoms with Crippen molar-refractivity contribution in [3.63, 3.8) is 0 Å². The molecule has 1 aliphatic carbocycles. The molecule has 5 nitrogen and oxygen atoms in total. The van der Waals surface area contributed by atoms with Crippen LogP contribution in [0.3, 0.4) is 0 Å². The van der Waals surface area contributed by atoms with E-state index in [1.807, 2.05) is 0 Å². The predicted octanol–water partition coefficient (Wildman–Crippen LogP) is 1.85. The van der Waals surface area contributed by atoms with E-state index >= 15 is 0 Å². The Kier molecular flexibility index (Phi) is 3.17. The monoisotopic (exact) mass is 236 g/mol. The molecule has 0 spiro atoms. The van der Waals surface area contributed by atoms with Gasteiger partial charge in [-0.1, -0.05) is 20.8 Å². The van der Waals surface area contributed by atoms with Crippen molar-refractivity contribution < 1.29 is 4.79 Å². The van der Waals surface area contributed by atoms with Gasteiger partial charge >= 0.3 is 0 Å². The number of amides is 1. The summed E-state index contributed by atoms with van der Waals surface area (Å²) in [5, 5.41) is 9.62. The third-order valence-electron chi connectivity index (χ3n) is 2.83. The summed E-state index contributed by atoms with van der Waals surface area (Å²) >= 11 is 0. The van der Waals surface area contributed by atoms with Gasteiger partial charge in [0.05, 0.1) is 0 Å². The van der Waals surface area contributed by atoms with Gasteiger partial charge < -0.3 is 5.32 Å². The minimum Gasteiger partial charge on any atom is -0.349 e. The quantitative estimate of drug-likeness (QED) is 0.838. The minimum absolute atomic E-state index is 0.183. The van der Waals surface area contributed by atoms with Crippen LogP contribution in [0, 0.1) is 5.41 Å². The van der Waals surface area contributed by atoms with Gasteiger partial charge in [-0.05, 0) is 24.7 Å². The second-order valence-electron chi connectivity index (χ2n) is 5.89. The molecule has 1 aromatic rings. The van der Waals surface area contributed by atoms with Crippen LogP contribution in [0.25, 0.3) is 0 Å². The van der Waals surface area contributed by atoms with E-state index < -0.39 is 0 Å². The molecule has 0 atom stereocenters. The average Bonchev–Trinajstić information content (AvgIpc) is 2.94. The SMILES string of the molecule is CC(C)(C)CCNC(=O)c1n[nH]c(C2CC2)n1. The van der Waals surface area contributed by atoms with Crippen LogP contribution in [-0.4, -0.2) is 27.6 Å². The van der Waals surface area contributed by atoms with Crippen molar-refractivity contribution in [1.29, 1.82) is 0 Å². The first-order valence-corrected chi connectivity index (χ1v) is 6.16. The Morgan fingerprint density at radius 1 is 1.47 bits per heavy atom. The van der Waals surface area contributed by atoms with Crippen molar-refractivity contribution in [3.05, 3.63) is 11.6 Å². The topological polar surface area (TPSA) is 70.7 Å². The summed E-state index contributed by atoms with van der Waals surface area (Å²) < 4.78 is 0. The first-order valence-electron chi connectivity index (χ1n) is 6.16. The van der Waals surface area contributed by atoms with Crippen molar-refractivity contribution in [2.45, 2.75) is 46.0 Å². The lowest BCUT2D eigenvalue weighted by Gasteiger charge is -2.17. The first kappa shape index (κ1) is 12.1. The van der Waals surface area contributed by atoms with Crippen molar-refractivity contribution in [2.24, 2.45) is 5.41 Å². The molecule has 5 heteroatoms. The molecule has 1 saturated carbocycles. The number of hydrogen-bond donors (Lipinski definition) is 2. The van der Waals surface area contributed by atoms with E-state index in [2.05, 4.69) is 41.3 Å². The van der Waals surface area contributed by atoms with Crippen molar-refractivity contribution in [2.75, 3.05) is 6.54 Å². The highest BCUT2D eigenvalue weighted by Crippen LogP contribution is 2.37. The van der Waals surface area contributed by atoms with Crippen LogP contribution >= 0.6 is 0 Å². The Morgan fingerprint density at radius 3 is 2.76 bits per heavy atom. The molecular formula is C12H20N4O. The Bertz CT molecular complexity index is 401. The van der Waals surface area contributed by atoms with Crippen molar-refractivity contribution >= 4 is 5.91 Å². The second-order valence-corrected chi connectivity index (χ2v) is 5.89. The van der Waals surface area contributed by atoms with E-state index in [0.29, 0.717) is 12.5 Å². The average molecular weight is 236 g/mol. The minimum atomic E-state index is -0.183. The molecule has 1 aliphatic rings. The molecule has 0 aliphatic heterocycles. The van der Waals surface area contributed by atoms with Gasteiger partial charge in [-0.25, -0.2) is 4.98 Å². The van der Waals surface area contributed by atoms with Crippen LogP contribution in [0.4, 0.5) is 0 Å². The van der Waals surface area contributed by atoms with Crippen LogP contribution < -0.4 is 5.32 Å². The number of carbonyl (C=O) groups excluding carboxylic acids is 1. The standard InChI is InChI=1S/C12H20N4O/c1-12(2,3)6-7-13-11(17)10-14-9(15-16-10)8-4-5-8/h8H,4-7H2,1-3H3,(H,13,17)(H,14,15,16).